The van der Waals surface area contributed by atoms with E-state index >= 15 is 0 Å². The predicted octanol–water partition coefficient (Wildman–Crippen LogP) is 13.5. The molecule has 240 valence electrons. The van der Waals surface area contributed by atoms with E-state index in [1.54, 1.807) is 0 Å². The Hall–Kier alpha value is -5.86. The van der Waals surface area contributed by atoms with Crippen LogP contribution in [0.5, 0.6) is 0 Å². The van der Waals surface area contributed by atoms with Gasteiger partial charge < -0.3 is 8.39 Å². The Morgan fingerprint density at radius 1 is 0.360 bits per heavy atom. The van der Waals surface area contributed by atoms with Crippen LogP contribution in [0, 0.1) is 0 Å². The zero-order chi connectivity index (χ0) is 33.6. The highest BCUT2D eigenvalue weighted by Gasteiger charge is 2.20. The lowest BCUT2D eigenvalue weighted by Crippen LogP contribution is -2.02. The van der Waals surface area contributed by atoms with Crippen LogP contribution in [0.3, 0.4) is 0 Å². The van der Waals surface area contributed by atoms with Crippen LogP contribution >= 0.6 is 8.16 Å². The normalized spacial score (nSPS) is 11.6. The average Bonchev–Trinajstić information content (AvgIpc) is 3.35. The van der Waals surface area contributed by atoms with Gasteiger partial charge in [-0.3, -0.25) is 0 Å². The van der Waals surface area contributed by atoms with Gasteiger partial charge in [0.2, 0.25) is 0 Å². The molecule has 0 aliphatic carbocycles. The van der Waals surface area contributed by atoms with Crippen LogP contribution in [0.1, 0.15) is 0 Å². The summed E-state index contributed by atoms with van der Waals surface area (Å²) in [4.78, 5) is 0. The third-order valence-electron chi connectivity index (χ3n) is 9.52. The molecule has 0 fully saturated rings. The smallest absolute Gasteiger partial charge is 0.309 e. The van der Waals surface area contributed by atoms with Crippen molar-refractivity contribution in [2.45, 2.75) is 0 Å². The molecule has 8 aromatic carbocycles. The summed E-state index contributed by atoms with van der Waals surface area (Å²) in [5.41, 5.74) is 10.9. The largest absolute Gasteiger partial charge is 0.408 e. The molecule has 0 unspecified atom stereocenters. The molecule has 0 aliphatic rings. The van der Waals surface area contributed by atoms with Crippen molar-refractivity contribution in [1.29, 1.82) is 0 Å². The highest BCUT2D eigenvalue weighted by atomic mass is 31.1. The second kappa shape index (κ2) is 12.5. The maximum atomic E-state index is 6.94. The molecular weight excluding hydrogens is 629 g/mol. The minimum Gasteiger partial charge on any atom is -0.408 e. The van der Waals surface area contributed by atoms with Gasteiger partial charge in [-0.2, -0.15) is 0 Å². The first-order chi connectivity index (χ1) is 24.6. The molecule has 0 N–H and O–H groups in total. The quantitative estimate of drug-likeness (QED) is 0.184. The second-order valence-electron chi connectivity index (χ2n) is 12.8. The highest BCUT2D eigenvalue weighted by Crippen LogP contribution is 2.47. The molecule has 50 heavy (non-hydrogen) atoms. The molecule has 0 bridgehead atoms. The van der Waals surface area contributed by atoms with Gasteiger partial charge in [-0.05, 0) is 90.3 Å². The fourth-order valence-electron chi connectivity index (χ4n) is 7.14. The molecule has 0 saturated heterocycles. The van der Waals surface area contributed by atoms with Crippen molar-refractivity contribution in [2.24, 2.45) is 0 Å². The summed E-state index contributed by atoms with van der Waals surface area (Å²) in [6, 6.07) is 60.6. The fourth-order valence-corrected chi connectivity index (χ4v) is 8.13. The van der Waals surface area contributed by atoms with E-state index in [0.29, 0.717) is 0 Å². The summed E-state index contributed by atoms with van der Waals surface area (Å²) in [5, 5.41) is 6.70. The number of rotatable bonds is 5. The van der Waals surface area contributed by atoms with Crippen LogP contribution in [0.25, 0.3) is 88.0 Å². The molecule has 9 aromatic rings. The zero-order valence-electron chi connectivity index (χ0n) is 27.9. The Balaban J connectivity index is 1.49. The molecule has 4 heteroatoms. The van der Waals surface area contributed by atoms with Crippen LogP contribution in [-0.4, -0.2) is 14.1 Å². The molecule has 0 saturated carbocycles. The number of fused-ring (bicyclic) bond motifs is 7. The lowest BCUT2D eigenvalue weighted by atomic mass is 9.89. The maximum Gasteiger partial charge on any atom is 0.309 e. The summed E-state index contributed by atoms with van der Waals surface area (Å²) in [7, 11) is 2.59. The molecule has 1 aromatic heterocycles. The van der Waals surface area contributed by atoms with E-state index in [9.17, 15) is 0 Å². The number of hydrogen-bond acceptors (Lipinski definition) is 3. The fraction of sp³-hybridized carbons (Fsp3) is 0.0435. The van der Waals surface area contributed by atoms with Crippen molar-refractivity contribution in [3.8, 4) is 44.5 Å². The summed E-state index contributed by atoms with van der Waals surface area (Å²) in [5.74, 6) is 0. The van der Waals surface area contributed by atoms with Gasteiger partial charge in [-0.25, -0.2) is 4.67 Å². The third kappa shape index (κ3) is 5.29. The van der Waals surface area contributed by atoms with E-state index < -0.39 is 8.16 Å². The van der Waals surface area contributed by atoms with Crippen LogP contribution in [-0.2, 0) is 0 Å². The standard InChI is InChI=1S/C46H34NO2P/c1-47(2)50-48-43-29-39(33-19-11-5-12-20-33)41-27-35(31-15-7-3-8-16-31)23-25-37(41)45(43)46-38-26-24-36(32-17-9-4-10-18-32)28-42(38)40(30-44(46)49-50)34-21-13-6-14-22-34/h3-30H,1-2H3. The lowest BCUT2D eigenvalue weighted by molar-refractivity contribution is 0.635. The maximum absolute atomic E-state index is 6.94. The summed E-state index contributed by atoms with van der Waals surface area (Å²) < 4.78 is 15.9. The summed E-state index contributed by atoms with van der Waals surface area (Å²) >= 11 is 0. The summed E-state index contributed by atoms with van der Waals surface area (Å²) in [6.07, 6.45) is 0. The van der Waals surface area contributed by atoms with Crippen molar-refractivity contribution in [1.82, 2.24) is 0 Å². The lowest BCUT2D eigenvalue weighted by Gasteiger charge is -2.15. The Bertz CT molecular complexity index is 2520. The number of benzene rings is 8. The first-order valence-electron chi connectivity index (χ1n) is 16.9. The van der Waals surface area contributed by atoms with Crippen molar-refractivity contribution < 1.29 is 8.39 Å². The molecular formula is C46H34NO2P. The van der Waals surface area contributed by atoms with Crippen molar-refractivity contribution >= 4 is 51.6 Å². The van der Waals surface area contributed by atoms with Gasteiger partial charge in [-0.15, -0.1) is 0 Å². The van der Waals surface area contributed by atoms with E-state index in [2.05, 4.69) is 170 Å². The number of hydrogen-bond donors (Lipinski definition) is 0. The van der Waals surface area contributed by atoms with E-state index in [1.807, 2.05) is 18.8 Å². The topological polar surface area (TPSA) is 29.5 Å². The van der Waals surface area contributed by atoms with Gasteiger partial charge in [0.15, 0.2) is 0 Å². The molecule has 1 heterocycles. The molecule has 9 rings (SSSR count). The van der Waals surface area contributed by atoms with Crippen LogP contribution in [0.4, 0.5) is 0 Å². The van der Waals surface area contributed by atoms with Gasteiger partial charge in [0.1, 0.15) is 11.2 Å². The zero-order valence-corrected chi connectivity index (χ0v) is 28.8. The molecule has 0 atom stereocenters. The minimum atomic E-state index is -1.46. The monoisotopic (exact) mass is 663 g/mol. The number of nitrogens with zero attached hydrogens (tertiary/aromatic N) is 1. The highest BCUT2D eigenvalue weighted by molar-refractivity contribution is 7.38. The van der Waals surface area contributed by atoms with Crippen molar-refractivity contribution in [3.63, 3.8) is 0 Å². The molecule has 0 aliphatic heterocycles. The van der Waals surface area contributed by atoms with Gasteiger partial charge in [-0.1, -0.05) is 146 Å². The van der Waals surface area contributed by atoms with E-state index in [1.165, 1.54) is 33.0 Å². The van der Waals surface area contributed by atoms with Crippen molar-refractivity contribution in [3.05, 3.63) is 170 Å². The molecule has 0 amide bonds. The molecule has 0 spiro atoms. The molecule has 0 radical (unpaired) electrons. The predicted molar refractivity (Wildman–Crippen MR) is 213 cm³/mol. The van der Waals surface area contributed by atoms with Gasteiger partial charge in [0, 0.05) is 24.9 Å². The van der Waals surface area contributed by atoms with E-state index in [-0.39, 0.29) is 0 Å². The summed E-state index contributed by atoms with van der Waals surface area (Å²) in [6.45, 7) is 0. The van der Waals surface area contributed by atoms with Crippen molar-refractivity contribution in [2.75, 3.05) is 18.8 Å². The SMILES string of the molecule is CN(C)p1oc2cc(-c3ccccc3)c3cc(-c4ccccc4)ccc3c2c2c(cc(-c3ccccc3)c3cc(-c4ccccc4)ccc32)o1. The Kier molecular flexibility index (Phi) is 7.58. The van der Waals surface area contributed by atoms with Crippen LogP contribution in [0.15, 0.2) is 178 Å². The van der Waals surface area contributed by atoms with Gasteiger partial charge in [0.05, 0.1) is 0 Å². The third-order valence-corrected chi connectivity index (χ3v) is 10.9. The van der Waals surface area contributed by atoms with E-state index in [0.717, 1.165) is 55.0 Å². The van der Waals surface area contributed by atoms with E-state index in [4.69, 9.17) is 8.39 Å². The second-order valence-corrected chi connectivity index (χ2v) is 14.5. The Labute approximate surface area is 292 Å². The first-order valence-corrected chi connectivity index (χ1v) is 18.0. The Morgan fingerprint density at radius 2 is 0.720 bits per heavy atom. The van der Waals surface area contributed by atoms with Gasteiger partial charge >= 0.3 is 8.16 Å². The van der Waals surface area contributed by atoms with Crippen LogP contribution < -0.4 is 4.67 Å². The molecule has 3 nitrogen and oxygen atoms in total. The van der Waals surface area contributed by atoms with Gasteiger partial charge in [0.25, 0.3) is 0 Å². The first kappa shape index (κ1) is 30.2. The van der Waals surface area contributed by atoms with Crippen LogP contribution in [0.2, 0.25) is 0 Å². The average molecular weight is 664 g/mol. The Morgan fingerprint density at radius 3 is 1.08 bits per heavy atom. The minimum absolute atomic E-state index is 0.822.